The summed E-state index contributed by atoms with van der Waals surface area (Å²) in [5.41, 5.74) is 2.35. The van der Waals surface area contributed by atoms with Crippen LogP contribution in [0.1, 0.15) is 53.8 Å². The van der Waals surface area contributed by atoms with Gasteiger partial charge in [-0.25, -0.2) is 0 Å². The van der Waals surface area contributed by atoms with Gasteiger partial charge in [0.25, 0.3) is 5.91 Å². The van der Waals surface area contributed by atoms with E-state index in [0.717, 1.165) is 42.7 Å². The normalized spacial score (nSPS) is 10.7. The van der Waals surface area contributed by atoms with Crippen LogP contribution in [0.3, 0.4) is 0 Å². The van der Waals surface area contributed by atoms with Crippen LogP contribution in [0.15, 0.2) is 30.3 Å². The van der Waals surface area contributed by atoms with Crippen LogP contribution in [0, 0.1) is 6.92 Å². The molecule has 0 aliphatic heterocycles. The van der Waals surface area contributed by atoms with Gasteiger partial charge in [-0.3, -0.25) is 13.9 Å². The van der Waals surface area contributed by atoms with Gasteiger partial charge in [-0.1, -0.05) is 31.4 Å². The molecule has 2 rings (SSSR count). The molecule has 0 radical (unpaired) electrons. The van der Waals surface area contributed by atoms with Crippen LogP contribution in [0.2, 0.25) is 0 Å². The van der Waals surface area contributed by atoms with Crippen LogP contribution in [0.4, 0.5) is 4.39 Å². The molecule has 0 saturated carbocycles. The third kappa shape index (κ3) is 6.50. The number of hydrogen-bond acceptors (Lipinski definition) is 3. The maximum absolute atomic E-state index is 12.2. The lowest BCUT2D eigenvalue weighted by Crippen LogP contribution is -2.25. The third-order valence-electron chi connectivity index (χ3n) is 4.13. The van der Waals surface area contributed by atoms with Crippen molar-refractivity contribution < 1.29 is 13.9 Å². The Morgan fingerprint density at radius 1 is 1.19 bits per heavy atom. The summed E-state index contributed by atoms with van der Waals surface area (Å²) in [6.45, 7) is 2.72. The molecule has 6 heteroatoms. The average Bonchev–Trinajstić information content (AvgIpc) is 2.97. The maximum atomic E-state index is 12.2. The molecule has 0 saturated heterocycles. The Morgan fingerprint density at radius 2 is 1.96 bits per heavy atom. The highest BCUT2D eigenvalue weighted by molar-refractivity contribution is 5.92. The quantitative estimate of drug-likeness (QED) is 0.617. The third-order valence-corrected chi connectivity index (χ3v) is 4.13. The van der Waals surface area contributed by atoms with Gasteiger partial charge in [-0.15, -0.1) is 0 Å². The van der Waals surface area contributed by atoms with Crippen molar-refractivity contribution in [3.05, 3.63) is 47.3 Å². The van der Waals surface area contributed by atoms with Crippen molar-refractivity contribution in [2.45, 2.75) is 45.6 Å². The highest BCUT2D eigenvalue weighted by Gasteiger charge is 2.11. The Kier molecular flexibility index (Phi) is 8.12. The molecule has 0 spiro atoms. The molecule has 0 atom stereocenters. The lowest BCUT2D eigenvalue weighted by atomic mass is 10.1. The van der Waals surface area contributed by atoms with Crippen molar-refractivity contribution in [1.82, 2.24) is 15.1 Å². The average molecular weight is 361 g/mol. The summed E-state index contributed by atoms with van der Waals surface area (Å²) in [4.78, 5) is 12.2. The first-order valence-electron chi connectivity index (χ1n) is 9.16. The summed E-state index contributed by atoms with van der Waals surface area (Å²) < 4.78 is 19.3. The van der Waals surface area contributed by atoms with Gasteiger partial charge in [0.15, 0.2) is 0 Å². The molecule has 0 aliphatic rings. The van der Waals surface area contributed by atoms with E-state index in [0.29, 0.717) is 25.3 Å². The van der Waals surface area contributed by atoms with Crippen LogP contribution in [0.25, 0.3) is 0 Å². The van der Waals surface area contributed by atoms with E-state index in [4.69, 9.17) is 4.74 Å². The fraction of sp³-hybridized carbons (Fsp3) is 0.500. The van der Waals surface area contributed by atoms with Crippen LogP contribution in [-0.2, 0) is 13.6 Å². The highest BCUT2D eigenvalue weighted by atomic mass is 19.1. The number of carbonyl (C=O) groups is 1. The molecule has 1 N–H and O–H groups in total. The second-order valence-corrected chi connectivity index (χ2v) is 6.43. The summed E-state index contributed by atoms with van der Waals surface area (Å²) >= 11 is 0. The minimum absolute atomic E-state index is 0.146. The van der Waals surface area contributed by atoms with Crippen molar-refractivity contribution >= 4 is 5.91 Å². The number of amides is 1. The fourth-order valence-electron chi connectivity index (χ4n) is 2.76. The Bertz CT molecular complexity index is 700. The van der Waals surface area contributed by atoms with E-state index in [1.807, 2.05) is 31.2 Å². The molecule has 0 unspecified atom stereocenters. The Labute approximate surface area is 154 Å². The van der Waals surface area contributed by atoms with Crippen molar-refractivity contribution in [2.75, 3.05) is 13.3 Å². The lowest BCUT2D eigenvalue weighted by molar-refractivity contribution is 0.0941. The van der Waals surface area contributed by atoms with E-state index in [9.17, 15) is 9.18 Å². The van der Waals surface area contributed by atoms with Gasteiger partial charge in [0.2, 0.25) is 0 Å². The first-order chi connectivity index (χ1) is 12.6. The number of aromatic nitrogens is 2. The predicted octanol–water partition coefficient (Wildman–Crippen LogP) is 3.96. The maximum Gasteiger partial charge on any atom is 0.269 e. The van der Waals surface area contributed by atoms with E-state index in [2.05, 4.69) is 10.4 Å². The molecule has 1 aromatic heterocycles. The molecule has 26 heavy (non-hydrogen) atoms. The number of halogens is 1. The Morgan fingerprint density at radius 3 is 2.69 bits per heavy atom. The Hall–Kier alpha value is -2.37. The van der Waals surface area contributed by atoms with Gasteiger partial charge >= 0.3 is 0 Å². The summed E-state index contributed by atoms with van der Waals surface area (Å²) in [6, 6.07) is 9.50. The van der Waals surface area contributed by atoms with Crippen molar-refractivity contribution in [3.63, 3.8) is 0 Å². The molecule has 5 nitrogen and oxygen atoms in total. The van der Waals surface area contributed by atoms with E-state index in [1.54, 1.807) is 17.8 Å². The van der Waals surface area contributed by atoms with Gasteiger partial charge in [0.05, 0.1) is 19.0 Å². The predicted molar refractivity (Wildman–Crippen MR) is 100 cm³/mol. The van der Waals surface area contributed by atoms with E-state index in [-0.39, 0.29) is 12.6 Å². The van der Waals surface area contributed by atoms with Crippen molar-refractivity contribution in [1.29, 1.82) is 0 Å². The summed E-state index contributed by atoms with van der Waals surface area (Å²) in [5.74, 6) is 0.657. The van der Waals surface area contributed by atoms with E-state index in [1.165, 1.54) is 0 Å². The monoisotopic (exact) mass is 361 g/mol. The van der Waals surface area contributed by atoms with Gasteiger partial charge in [0.1, 0.15) is 11.4 Å². The van der Waals surface area contributed by atoms with E-state index < -0.39 is 0 Å². The zero-order chi connectivity index (χ0) is 18.8. The number of carbonyl (C=O) groups excluding carboxylic acids is 1. The largest absolute Gasteiger partial charge is 0.494 e. The molecule has 0 bridgehead atoms. The zero-order valence-corrected chi connectivity index (χ0v) is 15.6. The first-order valence-corrected chi connectivity index (χ1v) is 9.16. The molecular weight excluding hydrogens is 333 g/mol. The molecule has 1 aromatic carbocycles. The fourth-order valence-corrected chi connectivity index (χ4v) is 2.76. The standard InChI is InChI=1S/C20H28FN3O2/c1-16-13-19(24(2)23-16)20(25)22-15-17-9-8-10-18(14-17)26-12-7-5-3-4-6-11-21/h8-10,13-14H,3-7,11-12,15H2,1-2H3,(H,22,25). The van der Waals surface area contributed by atoms with Gasteiger partial charge < -0.3 is 10.1 Å². The number of rotatable bonds is 11. The summed E-state index contributed by atoms with van der Waals surface area (Å²) in [7, 11) is 1.76. The zero-order valence-electron chi connectivity index (χ0n) is 15.6. The highest BCUT2D eigenvalue weighted by Crippen LogP contribution is 2.14. The molecule has 0 aliphatic carbocycles. The van der Waals surface area contributed by atoms with Crippen molar-refractivity contribution in [2.24, 2.45) is 7.05 Å². The summed E-state index contributed by atoms with van der Waals surface area (Å²) in [5, 5.41) is 7.09. The summed E-state index contributed by atoms with van der Waals surface area (Å²) in [6.07, 6.45) is 4.68. The Balaban J connectivity index is 1.74. The number of unbranched alkanes of at least 4 members (excludes halogenated alkanes) is 4. The van der Waals surface area contributed by atoms with Crippen molar-refractivity contribution in [3.8, 4) is 5.75 Å². The minimum Gasteiger partial charge on any atom is -0.494 e. The molecular formula is C20H28FN3O2. The smallest absolute Gasteiger partial charge is 0.269 e. The number of nitrogens with one attached hydrogen (secondary N) is 1. The minimum atomic E-state index is -0.222. The van der Waals surface area contributed by atoms with Crippen LogP contribution < -0.4 is 10.1 Å². The number of benzene rings is 1. The second-order valence-electron chi connectivity index (χ2n) is 6.43. The van der Waals surface area contributed by atoms with Gasteiger partial charge in [0, 0.05) is 13.6 Å². The van der Waals surface area contributed by atoms with Crippen LogP contribution in [-0.4, -0.2) is 29.0 Å². The SMILES string of the molecule is Cc1cc(C(=O)NCc2cccc(OCCCCCCCF)c2)n(C)n1. The number of alkyl halides is 1. The lowest BCUT2D eigenvalue weighted by Gasteiger charge is -2.09. The number of aryl methyl sites for hydroxylation is 2. The molecule has 2 aromatic rings. The molecule has 142 valence electrons. The van der Waals surface area contributed by atoms with E-state index >= 15 is 0 Å². The second kappa shape index (κ2) is 10.6. The number of hydrogen-bond donors (Lipinski definition) is 1. The van der Waals surface area contributed by atoms with Gasteiger partial charge in [-0.2, -0.15) is 5.10 Å². The number of nitrogens with zero attached hydrogens (tertiary/aromatic N) is 2. The van der Waals surface area contributed by atoms with Crippen LogP contribution in [0.5, 0.6) is 5.75 Å². The first kappa shape index (κ1) is 19.9. The van der Waals surface area contributed by atoms with Gasteiger partial charge in [-0.05, 0) is 43.5 Å². The molecule has 0 fully saturated rings. The topological polar surface area (TPSA) is 56.1 Å². The number of ether oxygens (including phenoxy) is 1. The van der Waals surface area contributed by atoms with Crippen LogP contribution >= 0.6 is 0 Å². The molecule has 1 heterocycles. The molecule has 1 amide bonds.